The maximum Gasteiger partial charge on any atom is 0.223 e. The second kappa shape index (κ2) is 6.95. The van der Waals surface area contributed by atoms with Crippen molar-refractivity contribution in [3.05, 3.63) is 95.1 Å². The van der Waals surface area contributed by atoms with Crippen LogP contribution in [0, 0.1) is 18.6 Å². The predicted molar refractivity (Wildman–Crippen MR) is 103 cm³/mol. The first-order valence-corrected chi connectivity index (χ1v) is 8.89. The second-order valence-electron chi connectivity index (χ2n) is 6.79. The minimum absolute atomic E-state index is 0.0192. The highest BCUT2D eigenvalue weighted by Crippen LogP contribution is 2.33. The van der Waals surface area contributed by atoms with Crippen molar-refractivity contribution < 1.29 is 13.5 Å². The highest BCUT2D eigenvalue weighted by Gasteiger charge is 2.31. The first-order valence-electron chi connectivity index (χ1n) is 8.89. The van der Waals surface area contributed by atoms with Crippen LogP contribution < -0.4 is 0 Å². The Morgan fingerprint density at radius 2 is 1.37 bits per heavy atom. The Labute approximate surface area is 157 Å². The van der Waals surface area contributed by atoms with Crippen molar-refractivity contribution in [2.45, 2.75) is 26.0 Å². The number of aryl methyl sites for hydroxylation is 1. The summed E-state index contributed by atoms with van der Waals surface area (Å²) in [5.74, 6) is -1.32. The fraction of sp³-hybridized carbons (Fsp3) is 0.174. The molecule has 0 spiro atoms. The molecule has 0 saturated heterocycles. The lowest BCUT2D eigenvalue weighted by Crippen LogP contribution is -2.14. The van der Waals surface area contributed by atoms with Gasteiger partial charge in [0.25, 0.3) is 0 Å². The van der Waals surface area contributed by atoms with Crippen molar-refractivity contribution in [3.63, 3.8) is 0 Å². The number of hydrogen-bond donors (Lipinski definition) is 0. The molecule has 0 saturated carbocycles. The molecule has 0 aromatic heterocycles. The molecule has 2 atom stereocenters. The van der Waals surface area contributed by atoms with Gasteiger partial charge >= 0.3 is 0 Å². The third-order valence-electron chi connectivity index (χ3n) is 4.81. The maximum absolute atomic E-state index is 14.0. The molecule has 27 heavy (non-hydrogen) atoms. The van der Waals surface area contributed by atoms with Gasteiger partial charge in [-0.2, -0.15) is 0 Å². The summed E-state index contributed by atoms with van der Waals surface area (Å²) in [6, 6.07) is 19.8. The molecule has 2 nitrogen and oxygen atoms in total. The summed E-state index contributed by atoms with van der Waals surface area (Å²) in [7, 11) is 0. The summed E-state index contributed by atoms with van der Waals surface area (Å²) in [4.78, 5) is 4.46. The van der Waals surface area contributed by atoms with E-state index in [1.807, 2.05) is 31.2 Å². The standard InChI is InChI=1S/C23H19F2NO/c1-14-6-8-16(9-7-14)17-10-12-18(13-11-17)22-15(2)27-23(26-22)21-19(24)4-3-5-20(21)25/h3-13,15,22H,1-2H3. The van der Waals surface area contributed by atoms with Crippen LogP contribution in [-0.4, -0.2) is 12.0 Å². The zero-order chi connectivity index (χ0) is 19.0. The molecule has 4 rings (SSSR count). The Balaban J connectivity index is 1.63. The van der Waals surface area contributed by atoms with Crippen molar-refractivity contribution in [3.8, 4) is 11.1 Å². The Morgan fingerprint density at radius 3 is 1.96 bits per heavy atom. The maximum atomic E-state index is 14.0. The van der Waals surface area contributed by atoms with Crippen LogP contribution in [0.5, 0.6) is 0 Å². The number of rotatable bonds is 3. The van der Waals surface area contributed by atoms with Crippen LogP contribution in [0.1, 0.15) is 29.7 Å². The van der Waals surface area contributed by atoms with Crippen LogP contribution in [0.25, 0.3) is 11.1 Å². The van der Waals surface area contributed by atoms with Gasteiger partial charge in [0.05, 0.1) is 0 Å². The molecule has 1 heterocycles. The average Bonchev–Trinajstić information content (AvgIpc) is 3.04. The molecular formula is C23H19F2NO. The predicted octanol–water partition coefficient (Wildman–Crippen LogP) is 5.85. The third-order valence-corrected chi connectivity index (χ3v) is 4.81. The minimum Gasteiger partial charge on any atom is -0.472 e. The van der Waals surface area contributed by atoms with Crippen LogP contribution in [0.2, 0.25) is 0 Å². The topological polar surface area (TPSA) is 21.6 Å². The smallest absolute Gasteiger partial charge is 0.223 e. The van der Waals surface area contributed by atoms with Crippen LogP contribution >= 0.6 is 0 Å². The lowest BCUT2D eigenvalue weighted by atomic mass is 9.98. The van der Waals surface area contributed by atoms with E-state index in [2.05, 4.69) is 36.2 Å². The Hall–Kier alpha value is -3.01. The highest BCUT2D eigenvalue weighted by atomic mass is 19.1. The molecule has 0 radical (unpaired) electrons. The van der Waals surface area contributed by atoms with E-state index in [0.29, 0.717) is 0 Å². The number of aliphatic imine (C=N–C) groups is 1. The van der Waals surface area contributed by atoms with Crippen molar-refractivity contribution in [1.29, 1.82) is 0 Å². The van der Waals surface area contributed by atoms with Crippen LogP contribution in [0.15, 0.2) is 71.7 Å². The van der Waals surface area contributed by atoms with Gasteiger partial charge in [-0.05, 0) is 42.7 Å². The molecule has 1 aliphatic rings. The van der Waals surface area contributed by atoms with Crippen LogP contribution in [0.3, 0.4) is 0 Å². The normalized spacial score (nSPS) is 18.9. The summed E-state index contributed by atoms with van der Waals surface area (Å²) in [5.41, 5.74) is 4.21. The van der Waals surface area contributed by atoms with Crippen molar-refractivity contribution >= 4 is 5.90 Å². The average molecular weight is 363 g/mol. The van der Waals surface area contributed by atoms with Gasteiger partial charge < -0.3 is 4.74 Å². The molecular weight excluding hydrogens is 344 g/mol. The fourth-order valence-electron chi connectivity index (χ4n) is 3.29. The van der Waals surface area contributed by atoms with Gasteiger partial charge in [0.15, 0.2) is 0 Å². The Bertz CT molecular complexity index is 974. The minimum atomic E-state index is -0.670. The Kier molecular flexibility index (Phi) is 4.48. The van der Waals surface area contributed by atoms with E-state index in [1.54, 1.807) is 0 Å². The molecule has 0 N–H and O–H groups in total. The summed E-state index contributed by atoms with van der Waals surface area (Å²) in [6.07, 6.45) is -0.302. The van der Waals surface area contributed by atoms with Gasteiger partial charge in [0.2, 0.25) is 5.90 Å². The zero-order valence-electron chi connectivity index (χ0n) is 15.1. The van der Waals surface area contributed by atoms with Crippen molar-refractivity contribution in [1.82, 2.24) is 0 Å². The summed E-state index contributed by atoms with van der Waals surface area (Å²) < 4.78 is 33.7. The van der Waals surface area contributed by atoms with Gasteiger partial charge in [-0.15, -0.1) is 0 Å². The molecule has 136 valence electrons. The molecule has 1 aliphatic heterocycles. The van der Waals surface area contributed by atoms with Gasteiger partial charge in [0, 0.05) is 0 Å². The number of nitrogens with zero attached hydrogens (tertiary/aromatic N) is 1. The Morgan fingerprint density at radius 1 is 0.815 bits per heavy atom. The lowest BCUT2D eigenvalue weighted by molar-refractivity contribution is 0.213. The van der Waals surface area contributed by atoms with Crippen LogP contribution in [-0.2, 0) is 4.74 Å². The quantitative estimate of drug-likeness (QED) is 0.572. The molecule has 4 heteroatoms. The summed E-state index contributed by atoms with van der Waals surface area (Å²) >= 11 is 0. The number of hydrogen-bond acceptors (Lipinski definition) is 2. The van der Waals surface area contributed by atoms with Gasteiger partial charge in [-0.3, -0.25) is 0 Å². The summed E-state index contributed by atoms with van der Waals surface area (Å²) in [5, 5.41) is 0. The molecule has 2 unspecified atom stereocenters. The van der Waals surface area contributed by atoms with Gasteiger partial charge in [-0.25, -0.2) is 13.8 Å². The second-order valence-corrected chi connectivity index (χ2v) is 6.79. The monoisotopic (exact) mass is 363 g/mol. The van der Waals surface area contributed by atoms with E-state index in [9.17, 15) is 8.78 Å². The first kappa shape index (κ1) is 17.4. The van der Waals surface area contributed by atoms with Gasteiger partial charge in [-0.1, -0.05) is 60.2 Å². The number of benzene rings is 3. The third kappa shape index (κ3) is 3.35. The first-order chi connectivity index (χ1) is 13.0. The van der Waals surface area contributed by atoms with E-state index >= 15 is 0 Å². The van der Waals surface area contributed by atoms with Crippen molar-refractivity contribution in [2.24, 2.45) is 4.99 Å². The largest absolute Gasteiger partial charge is 0.472 e. The van der Waals surface area contributed by atoms with Crippen LogP contribution in [0.4, 0.5) is 8.78 Å². The van der Waals surface area contributed by atoms with Gasteiger partial charge in [0.1, 0.15) is 29.3 Å². The molecule has 0 fully saturated rings. The van der Waals surface area contributed by atoms with E-state index in [1.165, 1.54) is 23.8 Å². The van der Waals surface area contributed by atoms with E-state index in [-0.39, 0.29) is 23.6 Å². The SMILES string of the molecule is Cc1ccc(-c2ccc(C3N=C(c4c(F)cccc4F)OC3C)cc2)cc1. The molecule has 3 aromatic rings. The van der Waals surface area contributed by atoms with E-state index < -0.39 is 11.6 Å². The summed E-state index contributed by atoms with van der Waals surface area (Å²) in [6.45, 7) is 3.91. The number of halogens is 2. The van der Waals surface area contributed by atoms with Crippen molar-refractivity contribution in [2.75, 3.05) is 0 Å². The highest BCUT2D eigenvalue weighted by molar-refractivity contribution is 5.96. The number of ether oxygens (including phenoxy) is 1. The fourth-order valence-corrected chi connectivity index (χ4v) is 3.29. The van der Waals surface area contributed by atoms with E-state index in [0.717, 1.165) is 16.7 Å². The lowest BCUT2D eigenvalue weighted by Gasteiger charge is -2.13. The molecule has 0 bridgehead atoms. The molecule has 3 aromatic carbocycles. The molecule has 0 amide bonds. The zero-order valence-corrected chi connectivity index (χ0v) is 15.1. The van der Waals surface area contributed by atoms with E-state index in [4.69, 9.17) is 4.74 Å². The molecule has 0 aliphatic carbocycles.